The van der Waals surface area contributed by atoms with E-state index in [0.29, 0.717) is 23.3 Å². The molecule has 7 nitrogen and oxygen atoms in total. The molecule has 1 atom stereocenters. The lowest BCUT2D eigenvalue weighted by Crippen LogP contribution is -2.55. The Bertz CT molecular complexity index is 1470. The van der Waals surface area contributed by atoms with Gasteiger partial charge in [0.15, 0.2) is 0 Å². The molecule has 220 valence electrons. The normalized spacial score (nSPS) is 20.0. The molecule has 1 saturated carbocycles. The first kappa shape index (κ1) is 29.3. The van der Waals surface area contributed by atoms with Crippen molar-refractivity contribution in [1.29, 1.82) is 0 Å². The maximum absolute atomic E-state index is 14.0. The van der Waals surface area contributed by atoms with Gasteiger partial charge in [0.25, 0.3) is 0 Å². The molecule has 1 N–H and O–H groups in total. The number of aryl methyl sites for hydroxylation is 2. The topological polar surface area (TPSA) is 84.7 Å². The van der Waals surface area contributed by atoms with Crippen molar-refractivity contribution in [3.63, 3.8) is 0 Å². The summed E-state index contributed by atoms with van der Waals surface area (Å²) in [5.74, 6) is 0.442. The van der Waals surface area contributed by atoms with Crippen LogP contribution in [0.5, 0.6) is 0 Å². The summed E-state index contributed by atoms with van der Waals surface area (Å²) in [6, 6.07) is 8.52. The van der Waals surface area contributed by atoms with Crippen molar-refractivity contribution < 1.29 is 19.4 Å². The van der Waals surface area contributed by atoms with Gasteiger partial charge in [0.05, 0.1) is 11.1 Å². The molecule has 1 aliphatic carbocycles. The number of amides is 1. The average molecular weight is 560 g/mol. The first-order chi connectivity index (χ1) is 19.2. The Balaban J connectivity index is 1.72. The largest absolute Gasteiger partial charge is 0.443 e. The highest BCUT2D eigenvalue weighted by atomic mass is 16.6. The predicted octanol–water partition coefficient (Wildman–Crippen LogP) is 6.88. The van der Waals surface area contributed by atoms with Crippen LogP contribution in [-0.4, -0.2) is 56.4 Å². The highest BCUT2D eigenvalue weighted by Crippen LogP contribution is 2.42. The molecule has 3 aliphatic rings. The van der Waals surface area contributed by atoms with Crippen LogP contribution in [0, 0.1) is 19.8 Å². The Morgan fingerprint density at radius 3 is 2.20 bits per heavy atom. The smallest absolute Gasteiger partial charge is 0.420 e. The highest BCUT2D eigenvalue weighted by Gasteiger charge is 2.43. The predicted molar refractivity (Wildman–Crippen MR) is 162 cm³/mol. The molecule has 7 heteroatoms. The summed E-state index contributed by atoms with van der Waals surface area (Å²) in [6.45, 7) is 16.2. The molecule has 41 heavy (non-hydrogen) atoms. The minimum Gasteiger partial charge on any atom is -0.443 e. The first-order valence-corrected chi connectivity index (χ1v) is 15.0. The number of hydrogen-bond acceptors (Lipinski definition) is 5. The number of carbonyl (C=O) groups excluding carboxylic acids is 2. The number of fused-ring (bicyclic) bond motifs is 4. The Morgan fingerprint density at radius 2 is 1.66 bits per heavy atom. The Morgan fingerprint density at radius 1 is 1.02 bits per heavy atom. The van der Waals surface area contributed by atoms with Crippen molar-refractivity contribution in [1.82, 2.24) is 14.5 Å². The summed E-state index contributed by atoms with van der Waals surface area (Å²) in [5, 5.41) is 11.2. The minimum absolute atomic E-state index is 0.103. The number of benzene rings is 1. The van der Waals surface area contributed by atoms with E-state index in [1.54, 1.807) is 10.8 Å². The van der Waals surface area contributed by atoms with Crippen LogP contribution in [0.4, 0.5) is 4.79 Å². The van der Waals surface area contributed by atoms with Gasteiger partial charge in [-0.1, -0.05) is 24.1 Å². The van der Waals surface area contributed by atoms with E-state index in [4.69, 9.17) is 9.72 Å². The van der Waals surface area contributed by atoms with Crippen LogP contribution < -0.4 is 0 Å². The van der Waals surface area contributed by atoms with E-state index < -0.39 is 17.1 Å². The van der Waals surface area contributed by atoms with Crippen LogP contribution in [0.2, 0.25) is 0 Å². The molecule has 3 fully saturated rings. The maximum atomic E-state index is 14.0. The van der Waals surface area contributed by atoms with Gasteiger partial charge in [-0.25, -0.2) is 14.3 Å². The lowest BCUT2D eigenvalue weighted by Gasteiger charge is -2.47. The number of aliphatic hydroxyl groups excluding tert-OH is 1. The maximum Gasteiger partial charge on any atom is 0.420 e. The Hall–Kier alpha value is -3.19. The van der Waals surface area contributed by atoms with E-state index >= 15 is 0 Å². The van der Waals surface area contributed by atoms with Crippen LogP contribution in [0.25, 0.3) is 22.3 Å². The number of aliphatic hydroxyl groups is 1. The number of carbonyl (C=O) groups is 2. The third-order valence-corrected chi connectivity index (χ3v) is 8.91. The molecule has 2 saturated heterocycles. The van der Waals surface area contributed by atoms with Crippen molar-refractivity contribution in [2.75, 3.05) is 13.2 Å². The summed E-state index contributed by atoms with van der Waals surface area (Å²) < 4.78 is 7.44. The van der Waals surface area contributed by atoms with Crippen molar-refractivity contribution in [3.8, 4) is 11.3 Å². The molecule has 0 spiro atoms. The zero-order valence-electron chi connectivity index (χ0n) is 25.9. The molecule has 2 aromatic heterocycles. The average Bonchev–Trinajstić information content (AvgIpc) is 3.26. The van der Waals surface area contributed by atoms with Crippen LogP contribution in [0.1, 0.15) is 95.4 Å². The van der Waals surface area contributed by atoms with Gasteiger partial charge in [0.1, 0.15) is 11.2 Å². The van der Waals surface area contributed by atoms with Crippen LogP contribution in [0.15, 0.2) is 30.5 Å². The lowest BCUT2D eigenvalue weighted by molar-refractivity contribution is -0.144. The molecule has 1 aromatic carbocycles. The first-order valence-electron chi connectivity index (χ1n) is 15.0. The summed E-state index contributed by atoms with van der Waals surface area (Å²) >= 11 is 0. The zero-order chi connectivity index (χ0) is 29.9. The summed E-state index contributed by atoms with van der Waals surface area (Å²) in [4.78, 5) is 34.8. The number of ether oxygens (including phenoxy) is 1. The second-order valence-corrected chi connectivity index (χ2v) is 13.9. The highest BCUT2D eigenvalue weighted by molar-refractivity contribution is 5.99. The van der Waals surface area contributed by atoms with E-state index in [0.717, 1.165) is 52.6 Å². The van der Waals surface area contributed by atoms with Crippen molar-refractivity contribution in [2.45, 2.75) is 104 Å². The minimum atomic E-state index is -0.799. The van der Waals surface area contributed by atoms with Gasteiger partial charge >= 0.3 is 6.09 Å². The lowest BCUT2D eigenvalue weighted by atomic mass is 9.76. The zero-order valence-corrected chi connectivity index (χ0v) is 25.9. The number of aromatic nitrogens is 2. The molecule has 3 aromatic rings. The van der Waals surface area contributed by atoms with Gasteiger partial charge in [0, 0.05) is 36.7 Å². The summed E-state index contributed by atoms with van der Waals surface area (Å²) in [5.41, 5.74) is 4.26. The van der Waals surface area contributed by atoms with E-state index in [1.807, 2.05) is 61.5 Å². The van der Waals surface area contributed by atoms with Gasteiger partial charge in [-0.2, -0.15) is 0 Å². The summed E-state index contributed by atoms with van der Waals surface area (Å²) in [7, 11) is 0. The number of rotatable bonds is 5. The summed E-state index contributed by atoms with van der Waals surface area (Å²) in [6.07, 6.45) is 5.81. The van der Waals surface area contributed by atoms with E-state index in [9.17, 15) is 14.7 Å². The third kappa shape index (κ3) is 5.41. The second-order valence-electron chi connectivity index (χ2n) is 13.9. The molecule has 6 rings (SSSR count). The van der Waals surface area contributed by atoms with Crippen LogP contribution >= 0.6 is 0 Å². The Kier molecular flexibility index (Phi) is 7.56. The molecule has 2 bridgehead atoms. The van der Waals surface area contributed by atoms with Gasteiger partial charge in [0.2, 0.25) is 5.91 Å². The fraction of sp³-hybridized carbons (Fsp3) is 0.559. The molecule has 4 heterocycles. The molecule has 1 amide bonds. The monoisotopic (exact) mass is 559 g/mol. The standard InChI is InChI=1S/C34H45N3O4/c1-20-13-21(2)15-24(14-20)29-28(22(3)19-38)27-16-25(17-35-30(27)37(29)32(40)41-33(4,5)6)34(7,8)31(39)36-18-23-9-11-26(36)12-10-23/h13-17,22-23,26,38H,9-12,18-19H2,1-8H3. The molecule has 2 aliphatic heterocycles. The third-order valence-electron chi connectivity index (χ3n) is 8.91. The molecule has 1 unspecified atom stereocenters. The SMILES string of the molecule is Cc1cc(C)cc(-c2c(C(C)CO)c3cc(C(C)(C)C(=O)N4CC5CCC4CC5)cnc3n2C(=O)OC(C)(C)C)c1. The Labute approximate surface area is 243 Å². The van der Waals surface area contributed by atoms with Gasteiger partial charge in [-0.15, -0.1) is 0 Å². The fourth-order valence-corrected chi connectivity index (χ4v) is 6.80. The van der Waals surface area contributed by atoms with Crippen molar-refractivity contribution >= 4 is 23.0 Å². The second kappa shape index (κ2) is 10.6. The van der Waals surface area contributed by atoms with Gasteiger partial charge in [-0.05, 0) is 115 Å². The molecular formula is C34H45N3O4. The van der Waals surface area contributed by atoms with Crippen LogP contribution in [0.3, 0.4) is 0 Å². The van der Waals surface area contributed by atoms with Crippen LogP contribution in [-0.2, 0) is 14.9 Å². The van der Waals surface area contributed by atoms with E-state index in [-0.39, 0.29) is 18.4 Å². The van der Waals surface area contributed by atoms with E-state index in [1.165, 1.54) is 12.8 Å². The number of piperidine rings is 2. The van der Waals surface area contributed by atoms with E-state index in [2.05, 4.69) is 23.1 Å². The van der Waals surface area contributed by atoms with Gasteiger partial charge in [-0.3, -0.25) is 4.79 Å². The molecular weight excluding hydrogens is 514 g/mol. The van der Waals surface area contributed by atoms with Crippen molar-refractivity contribution in [3.05, 3.63) is 52.7 Å². The number of nitrogens with zero attached hydrogens (tertiary/aromatic N) is 3. The van der Waals surface area contributed by atoms with Gasteiger partial charge < -0.3 is 14.7 Å². The number of pyridine rings is 1. The van der Waals surface area contributed by atoms with Crippen molar-refractivity contribution in [2.24, 2.45) is 5.92 Å². The number of hydrogen-bond donors (Lipinski definition) is 1. The molecule has 0 radical (unpaired) electrons. The quantitative estimate of drug-likeness (QED) is 0.368. The fourth-order valence-electron chi connectivity index (χ4n) is 6.80.